The van der Waals surface area contributed by atoms with Crippen LogP contribution in [0.15, 0.2) is 12.2 Å². The van der Waals surface area contributed by atoms with Gasteiger partial charge < -0.3 is 11.6 Å². The fourth-order valence-corrected chi connectivity index (χ4v) is 0.143. The van der Waals surface area contributed by atoms with Crippen molar-refractivity contribution in [2.75, 3.05) is 0 Å². The fourth-order valence-electron chi connectivity index (χ4n) is 0.143. The molecular formula is C4H5LiO4. The van der Waals surface area contributed by atoms with Crippen molar-refractivity contribution in [1.29, 1.82) is 0 Å². The second-order valence-electron chi connectivity index (χ2n) is 1.01. The number of hydrogen-bond acceptors (Lipinski definition) is 2. The van der Waals surface area contributed by atoms with Gasteiger partial charge in [-0.25, -0.2) is 9.59 Å². The van der Waals surface area contributed by atoms with Crippen LogP contribution in [-0.4, -0.2) is 22.2 Å². The van der Waals surface area contributed by atoms with Crippen LogP contribution in [0.1, 0.15) is 1.43 Å². The zero-order valence-electron chi connectivity index (χ0n) is 5.87. The molecular weight excluding hydrogens is 119 g/mol. The maximum absolute atomic E-state index is 9.55. The minimum Gasteiger partial charge on any atom is -1.00 e. The summed E-state index contributed by atoms with van der Waals surface area (Å²) in [6.07, 6.45) is 1.12. The van der Waals surface area contributed by atoms with Gasteiger partial charge in [-0.2, -0.15) is 0 Å². The number of rotatable bonds is 2. The predicted octanol–water partition coefficient (Wildman–Crippen LogP) is -3.17. The van der Waals surface area contributed by atoms with Crippen LogP contribution < -0.4 is 18.9 Å². The second-order valence-corrected chi connectivity index (χ2v) is 1.01. The van der Waals surface area contributed by atoms with E-state index in [4.69, 9.17) is 10.2 Å². The van der Waals surface area contributed by atoms with E-state index < -0.39 is 11.9 Å². The Morgan fingerprint density at radius 1 is 1.11 bits per heavy atom. The van der Waals surface area contributed by atoms with Crippen LogP contribution in [0.5, 0.6) is 0 Å². The molecule has 0 amide bonds. The first kappa shape index (κ1) is 11.1. The van der Waals surface area contributed by atoms with Crippen molar-refractivity contribution in [2.45, 2.75) is 0 Å². The van der Waals surface area contributed by atoms with Gasteiger partial charge in [0, 0.05) is 12.2 Å². The quantitative estimate of drug-likeness (QED) is 0.301. The van der Waals surface area contributed by atoms with Crippen LogP contribution in [0.25, 0.3) is 0 Å². The summed E-state index contributed by atoms with van der Waals surface area (Å²) in [6, 6.07) is 0. The smallest absolute Gasteiger partial charge is 1.00 e. The number of carbonyl (C=O) groups is 2. The SMILES string of the molecule is O=C(O)/C=C\C(=O)O.[H-].[Li+]. The van der Waals surface area contributed by atoms with E-state index >= 15 is 0 Å². The molecule has 0 saturated carbocycles. The van der Waals surface area contributed by atoms with Crippen molar-refractivity contribution in [1.82, 2.24) is 0 Å². The molecule has 0 heterocycles. The average Bonchev–Trinajstić information content (AvgIpc) is 1.61. The van der Waals surface area contributed by atoms with Gasteiger partial charge in [-0.1, -0.05) is 0 Å². The molecule has 5 heteroatoms. The molecule has 0 aliphatic carbocycles. The Morgan fingerprint density at radius 2 is 1.33 bits per heavy atom. The van der Waals surface area contributed by atoms with Crippen molar-refractivity contribution in [3.8, 4) is 0 Å². The van der Waals surface area contributed by atoms with E-state index in [9.17, 15) is 9.59 Å². The molecule has 0 bridgehead atoms. The molecule has 0 aliphatic rings. The largest absolute Gasteiger partial charge is 1.00 e. The molecule has 0 aromatic rings. The summed E-state index contributed by atoms with van der Waals surface area (Å²) in [4.78, 5) is 19.1. The first-order chi connectivity index (χ1) is 3.63. The first-order valence-corrected chi connectivity index (χ1v) is 1.77. The van der Waals surface area contributed by atoms with Crippen LogP contribution in [0, 0.1) is 0 Å². The van der Waals surface area contributed by atoms with Gasteiger partial charge in [0.25, 0.3) is 0 Å². The Morgan fingerprint density at radius 3 is 1.44 bits per heavy atom. The van der Waals surface area contributed by atoms with E-state index in [2.05, 4.69) is 0 Å². The topological polar surface area (TPSA) is 74.6 Å². The summed E-state index contributed by atoms with van der Waals surface area (Å²) in [6.45, 7) is 0. The number of hydrogen-bond donors (Lipinski definition) is 2. The number of carboxylic acid groups (broad SMARTS) is 2. The maximum atomic E-state index is 9.55. The van der Waals surface area contributed by atoms with Crippen molar-refractivity contribution < 1.29 is 40.1 Å². The van der Waals surface area contributed by atoms with E-state index in [1.807, 2.05) is 0 Å². The molecule has 0 fully saturated rings. The summed E-state index contributed by atoms with van der Waals surface area (Å²) in [7, 11) is 0. The summed E-state index contributed by atoms with van der Waals surface area (Å²) >= 11 is 0. The monoisotopic (exact) mass is 124 g/mol. The third-order valence-corrected chi connectivity index (χ3v) is 0.368. The van der Waals surface area contributed by atoms with Crippen molar-refractivity contribution in [2.24, 2.45) is 0 Å². The zero-order valence-corrected chi connectivity index (χ0v) is 4.87. The third kappa shape index (κ3) is 11.1. The van der Waals surface area contributed by atoms with Gasteiger partial charge in [-0.05, 0) is 0 Å². The summed E-state index contributed by atoms with van der Waals surface area (Å²) in [5.74, 6) is -2.51. The van der Waals surface area contributed by atoms with E-state index in [0.29, 0.717) is 12.2 Å². The third-order valence-electron chi connectivity index (χ3n) is 0.368. The van der Waals surface area contributed by atoms with Gasteiger partial charge in [0.15, 0.2) is 0 Å². The minimum absolute atomic E-state index is 0. The standard InChI is InChI=1S/C4H4O4.Li.H/c5-3(6)1-2-4(7)8;;/h1-2H,(H,5,6)(H,7,8);;/q;+1;-1/b2-1-;;. The molecule has 0 radical (unpaired) electrons. The van der Waals surface area contributed by atoms with E-state index in [0.717, 1.165) is 0 Å². The molecule has 0 spiro atoms. The molecule has 0 aromatic carbocycles. The van der Waals surface area contributed by atoms with Crippen molar-refractivity contribution >= 4 is 11.9 Å². The Hall–Kier alpha value is -0.723. The number of aliphatic carboxylic acids is 2. The Labute approximate surface area is 64.8 Å². The van der Waals surface area contributed by atoms with Crippen molar-refractivity contribution in [3.63, 3.8) is 0 Å². The van der Waals surface area contributed by atoms with Crippen LogP contribution in [-0.2, 0) is 9.59 Å². The van der Waals surface area contributed by atoms with Crippen LogP contribution >= 0.6 is 0 Å². The van der Waals surface area contributed by atoms with E-state index in [1.165, 1.54) is 0 Å². The van der Waals surface area contributed by atoms with Gasteiger partial charge in [0.2, 0.25) is 0 Å². The Kier molecular flexibility index (Phi) is 6.69. The number of carboxylic acids is 2. The van der Waals surface area contributed by atoms with Gasteiger partial charge in [-0.3, -0.25) is 0 Å². The van der Waals surface area contributed by atoms with Gasteiger partial charge in [-0.15, -0.1) is 0 Å². The fraction of sp³-hybridized carbons (Fsp3) is 0. The summed E-state index contributed by atoms with van der Waals surface area (Å²) < 4.78 is 0. The van der Waals surface area contributed by atoms with Gasteiger partial charge in [0.1, 0.15) is 0 Å². The first-order valence-electron chi connectivity index (χ1n) is 1.77. The molecule has 0 unspecified atom stereocenters. The van der Waals surface area contributed by atoms with Gasteiger partial charge >= 0.3 is 30.8 Å². The van der Waals surface area contributed by atoms with Crippen LogP contribution in [0.2, 0.25) is 0 Å². The maximum Gasteiger partial charge on any atom is 1.00 e. The Bertz CT molecular complexity index is 128. The molecule has 0 rings (SSSR count). The van der Waals surface area contributed by atoms with E-state index in [1.54, 1.807) is 0 Å². The average molecular weight is 124 g/mol. The summed E-state index contributed by atoms with van der Waals surface area (Å²) in [5.41, 5.74) is 0. The molecule has 46 valence electrons. The molecule has 2 N–H and O–H groups in total. The predicted molar refractivity (Wildman–Crippen MR) is 25.5 cm³/mol. The van der Waals surface area contributed by atoms with E-state index in [-0.39, 0.29) is 20.3 Å². The molecule has 9 heavy (non-hydrogen) atoms. The zero-order chi connectivity index (χ0) is 6.57. The molecule has 0 aromatic heterocycles. The molecule has 0 aliphatic heterocycles. The molecule has 0 saturated heterocycles. The van der Waals surface area contributed by atoms with Crippen molar-refractivity contribution in [3.05, 3.63) is 12.2 Å². The van der Waals surface area contributed by atoms with Gasteiger partial charge in [0.05, 0.1) is 0 Å². The van der Waals surface area contributed by atoms with Crippen LogP contribution in [0.3, 0.4) is 0 Å². The summed E-state index contributed by atoms with van der Waals surface area (Å²) in [5, 5.41) is 15.6. The normalized spacial score (nSPS) is 8.44. The Balaban J connectivity index is -0.000000245. The molecule has 4 nitrogen and oxygen atoms in total. The minimum atomic E-state index is -1.26. The van der Waals surface area contributed by atoms with Crippen LogP contribution in [0.4, 0.5) is 0 Å². The second kappa shape index (κ2) is 5.41. The molecule has 0 atom stereocenters.